The molecule has 2 atom stereocenters. The van der Waals surface area contributed by atoms with Crippen LogP contribution in [0.25, 0.3) is 0 Å². The molecule has 2 aliphatic rings. The number of ether oxygens (including phenoxy) is 1. The van der Waals surface area contributed by atoms with E-state index >= 15 is 0 Å². The van der Waals surface area contributed by atoms with Crippen LogP contribution in [0.2, 0.25) is 0 Å². The summed E-state index contributed by atoms with van der Waals surface area (Å²) >= 11 is 0. The van der Waals surface area contributed by atoms with Gasteiger partial charge in [0, 0.05) is 24.2 Å². The van der Waals surface area contributed by atoms with Crippen LogP contribution in [0.4, 0.5) is 0 Å². The Labute approximate surface area is 120 Å². The highest BCUT2D eigenvalue weighted by molar-refractivity contribution is 5.44. The highest BCUT2D eigenvalue weighted by Crippen LogP contribution is 2.35. The molecule has 2 heterocycles. The molecule has 1 aromatic carbocycles. The SMILES string of the molecule is CC(C)N1CCC(CNC2COc3cc(O)ccc32)C1. The zero-order valence-electron chi connectivity index (χ0n) is 12.3. The molecule has 0 saturated carbocycles. The van der Waals surface area contributed by atoms with Gasteiger partial charge in [0.25, 0.3) is 0 Å². The second-order valence-electron chi connectivity index (χ2n) is 6.24. The van der Waals surface area contributed by atoms with Crippen LogP contribution in [-0.2, 0) is 0 Å². The standard InChI is InChI=1S/C16H24N2O2/c1-11(2)18-6-5-12(9-18)8-17-15-10-20-16-7-13(19)3-4-14(15)16/h3-4,7,11-12,15,17,19H,5-6,8-10H2,1-2H3. The third-order valence-corrected chi connectivity index (χ3v) is 4.48. The molecule has 20 heavy (non-hydrogen) atoms. The van der Waals surface area contributed by atoms with Crippen molar-refractivity contribution in [2.24, 2.45) is 5.92 Å². The third-order valence-electron chi connectivity index (χ3n) is 4.48. The Morgan fingerprint density at radius 1 is 1.45 bits per heavy atom. The lowest BCUT2D eigenvalue weighted by Gasteiger charge is -2.21. The van der Waals surface area contributed by atoms with Gasteiger partial charge in [-0.25, -0.2) is 0 Å². The van der Waals surface area contributed by atoms with Crippen molar-refractivity contribution < 1.29 is 9.84 Å². The number of phenolic OH excluding ortho intramolecular Hbond substituents is 1. The second-order valence-corrected chi connectivity index (χ2v) is 6.24. The minimum absolute atomic E-state index is 0.263. The van der Waals surface area contributed by atoms with Gasteiger partial charge in [0.2, 0.25) is 0 Å². The number of hydrogen-bond acceptors (Lipinski definition) is 4. The topological polar surface area (TPSA) is 44.7 Å². The smallest absolute Gasteiger partial charge is 0.127 e. The van der Waals surface area contributed by atoms with Crippen molar-refractivity contribution in [1.29, 1.82) is 0 Å². The number of nitrogens with one attached hydrogen (secondary N) is 1. The van der Waals surface area contributed by atoms with Crippen LogP contribution in [0.1, 0.15) is 31.9 Å². The summed E-state index contributed by atoms with van der Waals surface area (Å²) in [5.74, 6) is 1.82. The summed E-state index contributed by atoms with van der Waals surface area (Å²) < 4.78 is 5.63. The van der Waals surface area contributed by atoms with Gasteiger partial charge in [0.15, 0.2) is 0 Å². The Bertz CT molecular complexity index is 476. The van der Waals surface area contributed by atoms with Crippen LogP contribution < -0.4 is 10.1 Å². The van der Waals surface area contributed by atoms with E-state index < -0.39 is 0 Å². The quantitative estimate of drug-likeness (QED) is 0.884. The molecule has 0 bridgehead atoms. The van der Waals surface area contributed by atoms with Crippen LogP contribution in [0.5, 0.6) is 11.5 Å². The van der Waals surface area contributed by atoms with Gasteiger partial charge in [-0.2, -0.15) is 0 Å². The highest BCUT2D eigenvalue weighted by Gasteiger charge is 2.28. The molecule has 0 radical (unpaired) electrons. The van der Waals surface area contributed by atoms with Crippen LogP contribution in [0.15, 0.2) is 18.2 Å². The first-order chi connectivity index (χ1) is 9.63. The molecule has 0 aliphatic carbocycles. The molecule has 1 saturated heterocycles. The van der Waals surface area contributed by atoms with E-state index in [1.807, 2.05) is 6.07 Å². The predicted molar refractivity (Wildman–Crippen MR) is 79.2 cm³/mol. The van der Waals surface area contributed by atoms with Gasteiger partial charge in [0.1, 0.15) is 18.1 Å². The highest BCUT2D eigenvalue weighted by atomic mass is 16.5. The molecule has 110 valence electrons. The molecule has 2 N–H and O–H groups in total. The van der Waals surface area contributed by atoms with E-state index in [1.54, 1.807) is 12.1 Å². The lowest BCUT2D eigenvalue weighted by atomic mass is 10.1. The van der Waals surface area contributed by atoms with Gasteiger partial charge >= 0.3 is 0 Å². The van der Waals surface area contributed by atoms with Crippen molar-refractivity contribution in [2.75, 3.05) is 26.2 Å². The minimum atomic E-state index is 0.263. The summed E-state index contributed by atoms with van der Waals surface area (Å²) in [6.45, 7) is 8.65. The van der Waals surface area contributed by atoms with Gasteiger partial charge in [0.05, 0.1) is 6.04 Å². The molecular weight excluding hydrogens is 252 g/mol. The average Bonchev–Trinajstić information content (AvgIpc) is 3.02. The fraction of sp³-hybridized carbons (Fsp3) is 0.625. The van der Waals surface area contributed by atoms with E-state index in [0.29, 0.717) is 12.6 Å². The molecular formula is C16H24N2O2. The first-order valence-electron chi connectivity index (χ1n) is 7.56. The van der Waals surface area contributed by atoms with Crippen LogP contribution >= 0.6 is 0 Å². The Morgan fingerprint density at radius 2 is 2.30 bits per heavy atom. The van der Waals surface area contributed by atoms with Crippen LogP contribution in [0, 0.1) is 5.92 Å². The molecule has 0 aromatic heterocycles. The normalized spacial score (nSPS) is 25.9. The maximum absolute atomic E-state index is 9.46. The molecule has 1 aromatic rings. The molecule has 1 fully saturated rings. The largest absolute Gasteiger partial charge is 0.508 e. The molecule has 0 amide bonds. The number of likely N-dealkylation sites (tertiary alicyclic amines) is 1. The van der Waals surface area contributed by atoms with Gasteiger partial charge < -0.3 is 20.1 Å². The van der Waals surface area contributed by atoms with Gasteiger partial charge in [-0.1, -0.05) is 0 Å². The van der Waals surface area contributed by atoms with Crippen molar-refractivity contribution in [3.8, 4) is 11.5 Å². The molecule has 2 unspecified atom stereocenters. The number of nitrogens with zero attached hydrogens (tertiary/aromatic N) is 1. The summed E-state index contributed by atoms with van der Waals surface area (Å²) in [6.07, 6.45) is 1.28. The van der Waals surface area contributed by atoms with E-state index in [9.17, 15) is 5.11 Å². The lowest BCUT2D eigenvalue weighted by Crippen LogP contribution is -2.32. The number of aromatic hydroxyl groups is 1. The minimum Gasteiger partial charge on any atom is -0.508 e. The van der Waals surface area contributed by atoms with Gasteiger partial charge in [-0.3, -0.25) is 0 Å². The first kappa shape index (κ1) is 13.7. The number of rotatable bonds is 4. The van der Waals surface area contributed by atoms with Gasteiger partial charge in [-0.05, 0) is 51.4 Å². The summed E-state index contributed by atoms with van der Waals surface area (Å²) in [5, 5.41) is 13.1. The Morgan fingerprint density at radius 3 is 3.05 bits per heavy atom. The Balaban J connectivity index is 1.54. The Hall–Kier alpha value is -1.26. The van der Waals surface area contributed by atoms with Crippen LogP contribution in [0.3, 0.4) is 0 Å². The van der Waals surface area contributed by atoms with E-state index in [0.717, 1.165) is 18.2 Å². The summed E-state index contributed by atoms with van der Waals surface area (Å²) in [4.78, 5) is 2.55. The number of phenols is 1. The average molecular weight is 276 g/mol. The third kappa shape index (κ3) is 2.76. The number of hydrogen-bond donors (Lipinski definition) is 2. The van der Waals surface area contributed by atoms with Crippen molar-refractivity contribution in [2.45, 2.75) is 32.4 Å². The molecule has 4 heteroatoms. The zero-order valence-corrected chi connectivity index (χ0v) is 12.3. The van der Waals surface area contributed by atoms with Crippen molar-refractivity contribution in [3.05, 3.63) is 23.8 Å². The van der Waals surface area contributed by atoms with Crippen LogP contribution in [-0.4, -0.2) is 42.3 Å². The monoisotopic (exact) mass is 276 g/mol. The molecule has 4 nitrogen and oxygen atoms in total. The van der Waals surface area contributed by atoms with Crippen molar-refractivity contribution in [3.63, 3.8) is 0 Å². The van der Waals surface area contributed by atoms with Gasteiger partial charge in [-0.15, -0.1) is 0 Å². The molecule has 3 rings (SSSR count). The van der Waals surface area contributed by atoms with E-state index in [1.165, 1.54) is 25.1 Å². The molecule has 0 spiro atoms. The lowest BCUT2D eigenvalue weighted by molar-refractivity contribution is 0.259. The number of fused-ring (bicyclic) bond motifs is 1. The van der Waals surface area contributed by atoms with Crippen molar-refractivity contribution >= 4 is 0 Å². The second kappa shape index (κ2) is 5.62. The Kier molecular flexibility index (Phi) is 3.85. The predicted octanol–water partition coefficient (Wildman–Crippen LogP) is 2.15. The maximum atomic E-state index is 9.46. The summed E-state index contributed by atoms with van der Waals surface area (Å²) in [6, 6.07) is 6.31. The molecule has 2 aliphatic heterocycles. The van der Waals surface area contributed by atoms with E-state index in [2.05, 4.69) is 24.1 Å². The maximum Gasteiger partial charge on any atom is 0.127 e. The van der Waals surface area contributed by atoms with Crippen molar-refractivity contribution in [1.82, 2.24) is 10.2 Å². The summed E-state index contributed by atoms with van der Waals surface area (Å²) in [7, 11) is 0. The number of benzene rings is 1. The fourth-order valence-electron chi connectivity index (χ4n) is 3.17. The first-order valence-corrected chi connectivity index (χ1v) is 7.56. The fourth-order valence-corrected chi connectivity index (χ4v) is 3.17. The van der Waals surface area contributed by atoms with E-state index in [4.69, 9.17) is 4.74 Å². The zero-order chi connectivity index (χ0) is 14.1. The van der Waals surface area contributed by atoms with E-state index in [-0.39, 0.29) is 11.8 Å². The summed E-state index contributed by atoms with van der Waals surface area (Å²) in [5.41, 5.74) is 1.17.